The van der Waals surface area contributed by atoms with Crippen LogP contribution in [0.15, 0.2) is 53.4 Å². The highest BCUT2D eigenvalue weighted by Gasteiger charge is 2.13. The number of hydrogen-bond donors (Lipinski definition) is 1. The molecule has 24 heavy (non-hydrogen) atoms. The lowest BCUT2D eigenvalue weighted by Gasteiger charge is -2.10. The number of rotatable bonds is 6. The maximum absolute atomic E-state index is 12.5. The molecule has 0 bridgehead atoms. The Morgan fingerprint density at radius 3 is 2.33 bits per heavy atom. The zero-order valence-electron chi connectivity index (χ0n) is 12.7. The Kier molecular flexibility index (Phi) is 5.95. The molecule has 0 aliphatic carbocycles. The minimum atomic E-state index is -3.15. The molecule has 0 fully saturated rings. The molecule has 0 aromatic heterocycles. The predicted molar refractivity (Wildman–Crippen MR) is 91.2 cm³/mol. The molecule has 4 nitrogen and oxygen atoms in total. The Morgan fingerprint density at radius 1 is 1.12 bits per heavy atom. The van der Waals surface area contributed by atoms with Crippen LogP contribution >= 0.6 is 11.8 Å². The average molecular weight is 371 g/mol. The van der Waals surface area contributed by atoms with E-state index in [2.05, 4.69) is 5.32 Å². The highest BCUT2D eigenvalue weighted by molar-refractivity contribution is 7.99. The first kappa shape index (κ1) is 18.4. The summed E-state index contributed by atoms with van der Waals surface area (Å²) in [7, 11) is -3.15. The van der Waals surface area contributed by atoms with E-state index in [1.165, 1.54) is 18.2 Å². The fourth-order valence-corrected chi connectivity index (χ4v) is 3.41. The van der Waals surface area contributed by atoms with Crippen molar-refractivity contribution in [2.24, 2.45) is 0 Å². The molecule has 0 aliphatic heterocycles. The van der Waals surface area contributed by atoms with Crippen molar-refractivity contribution in [3.8, 4) is 0 Å². The number of benzene rings is 2. The van der Waals surface area contributed by atoms with Gasteiger partial charge in [-0.3, -0.25) is 4.79 Å². The van der Waals surface area contributed by atoms with Gasteiger partial charge in [-0.1, -0.05) is 36.0 Å². The molecule has 2 rings (SSSR count). The molecule has 0 spiro atoms. The van der Waals surface area contributed by atoms with Crippen LogP contribution in [0.3, 0.4) is 0 Å². The second-order valence-electron chi connectivity index (χ2n) is 5.10. The third-order valence-corrected chi connectivity index (χ3v) is 4.64. The van der Waals surface area contributed by atoms with Gasteiger partial charge in [0.15, 0.2) is 9.84 Å². The molecule has 128 valence electrons. The van der Waals surface area contributed by atoms with Crippen molar-refractivity contribution >= 4 is 33.2 Å². The van der Waals surface area contributed by atoms with Gasteiger partial charge in [0, 0.05) is 16.7 Å². The molecule has 0 heterocycles. The number of sulfone groups is 1. The highest BCUT2D eigenvalue weighted by Crippen LogP contribution is 2.31. The third-order valence-electron chi connectivity index (χ3n) is 3.00. The molecule has 0 radical (unpaired) electrons. The predicted octanol–water partition coefficient (Wildman–Crippen LogP) is 3.80. The number of anilines is 1. The van der Waals surface area contributed by atoms with E-state index in [1.807, 2.05) is 0 Å². The molecule has 0 saturated heterocycles. The Morgan fingerprint density at radius 2 is 1.75 bits per heavy atom. The van der Waals surface area contributed by atoms with Gasteiger partial charge in [0.05, 0.1) is 11.4 Å². The Bertz CT molecular complexity index is 821. The third kappa shape index (κ3) is 5.61. The summed E-state index contributed by atoms with van der Waals surface area (Å²) < 4.78 is 47.6. The van der Waals surface area contributed by atoms with Crippen LogP contribution in [0.4, 0.5) is 14.5 Å². The van der Waals surface area contributed by atoms with Crippen LogP contribution in [0.5, 0.6) is 0 Å². The molecule has 0 saturated carbocycles. The molecule has 8 heteroatoms. The van der Waals surface area contributed by atoms with Crippen molar-refractivity contribution in [3.05, 3.63) is 59.7 Å². The first-order chi connectivity index (χ1) is 11.2. The SMILES string of the molecule is CS(=O)(=O)Cc1ccc(C(=O)Nc2ccccc2SC(F)F)cc1. The number of para-hydroxylation sites is 1. The number of halogens is 2. The van der Waals surface area contributed by atoms with Gasteiger partial charge in [-0.2, -0.15) is 8.78 Å². The molecule has 0 aliphatic rings. The Labute approximate surface area is 143 Å². The summed E-state index contributed by atoms with van der Waals surface area (Å²) in [5.74, 6) is -3.15. The first-order valence-electron chi connectivity index (χ1n) is 6.86. The van der Waals surface area contributed by atoms with Crippen molar-refractivity contribution < 1.29 is 22.0 Å². The number of hydrogen-bond acceptors (Lipinski definition) is 4. The summed E-state index contributed by atoms with van der Waals surface area (Å²) >= 11 is 0.356. The molecule has 2 aromatic carbocycles. The summed E-state index contributed by atoms with van der Waals surface area (Å²) in [5, 5.41) is 2.59. The molecule has 1 N–H and O–H groups in total. The van der Waals surface area contributed by atoms with Gasteiger partial charge in [-0.25, -0.2) is 8.42 Å². The standard InChI is InChI=1S/C16H15F2NO3S2/c1-24(21,22)10-11-6-8-12(9-7-11)15(20)19-13-4-2-3-5-14(13)23-16(17)18/h2-9,16H,10H2,1H3,(H,19,20). The lowest BCUT2D eigenvalue weighted by atomic mass is 10.1. The van der Waals surface area contributed by atoms with Gasteiger partial charge < -0.3 is 5.32 Å². The molecule has 0 unspecified atom stereocenters. The largest absolute Gasteiger partial charge is 0.321 e. The van der Waals surface area contributed by atoms with Gasteiger partial charge in [-0.05, 0) is 29.8 Å². The van der Waals surface area contributed by atoms with Crippen molar-refractivity contribution in [2.45, 2.75) is 16.4 Å². The zero-order valence-corrected chi connectivity index (χ0v) is 14.3. The summed E-state index contributed by atoms with van der Waals surface area (Å²) in [6.45, 7) is 0. The number of alkyl halides is 2. The van der Waals surface area contributed by atoms with E-state index in [-0.39, 0.29) is 10.6 Å². The van der Waals surface area contributed by atoms with E-state index in [9.17, 15) is 22.0 Å². The van der Waals surface area contributed by atoms with Crippen molar-refractivity contribution in [3.63, 3.8) is 0 Å². The molecular formula is C16H15F2NO3S2. The quantitative estimate of drug-likeness (QED) is 0.785. The average Bonchev–Trinajstić information content (AvgIpc) is 2.48. The fourth-order valence-electron chi connectivity index (χ4n) is 2.02. The molecular weight excluding hydrogens is 356 g/mol. The van der Waals surface area contributed by atoms with Crippen LogP contribution in [0.25, 0.3) is 0 Å². The van der Waals surface area contributed by atoms with Crippen LogP contribution in [-0.4, -0.2) is 26.3 Å². The van der Waals surface area contributed by atoms with Gasteiger partial charge in [0.25, 0.3) is 11.7 Å². The molecule has 0 atom stereocenters. The van der Waals surface area contributed by atoms with Crippen LogP contribution in [0.1, 0.15) is 15.9 Å². The second kappa shape index (κ2) is 7.76. The maximum Gasteiger partial charge on any atom is 0.288 e. The number of carbonyl (C=O) groups is 1. The summed E-state index contributed by atoms with van der Waals surface area (Å²) in [4.78, 5) is 12.5. The van der Waals surface area contributed by atoms with Crippen LogP contribution in [0.2, 0.25) is 0 Å². The van der Waals surface area contributed by atoms with E-state index in [1.54, 1.807) is 30.3 Å². The summed E-state index contributed by atoms with van der Waals surface area (Å²) in [6, 6.07) is 12.4. The highest BCUT2D eigenvalue weighted by atomic mass is 32.2. The number of amides is 1. The zero-order chi connectivity index (χ0) is 17.7. The fraction of sp³-hybridized carbons (Fsp3) is 0.188. The summed E-state index contributed by atoms with van der Waals surface area (Å²) in [5.41, 5.74) is 1.18. The van der Waals surface area contributed by atoms with E-state index < -0.39 is 21.5 Å². The van der Waals surface area contributed by atoms with Crippen molar-refractivity contribution in [1.82, 2.24) is 0 Å². The smallest absolute Gasteiger partial charge is 0.288 e. The Balaban J connectivity index is 2.13. The minimum absolute atomic E-state index is 0.108. The summed E-state index contributed by atoms with van der Waals surface area (Å²) in [6.07, 6.45) is 1.13. The molecule has 1 amide bonds. The second-order valence-corrected chi connectivity index (χ2v) is 8.27. The molecule has 2 aromatic rings. The lowest BCUT2D eigenvalue weighted by Crippen LogP contribution is -2.12. The normalized spacial score (nSPS) is 11.5. The monoisotopic (exact) mass is 371 g/mol. The van der Waals surface area contributed by atoms with Gasteiger partial charge >= 0.3 is 0 Å². The maximum atomic E-state index is 12.5. The number of nitrogens with one attached hydrogen (secondary N) is 1. The van der Waals surface area contributed by atoms with E-state index in [0.29, 0.717) is 28.6 Å². The van der Waals surface area contributed by atoms with Gasteiger partial charge in [0.1, 0.15) is 0 Å². The van der Waals surface area contributed by atoms with E-state index >= 15 is 0 Å². The van der Waals surface area contributed by atoms with Crippen molar-refractivity contribution in [1.29, 1.82) is 0 Å². The van der Waals surface area contributed by atoms with Crippen LogP contribution < -0.4 is 5.32 Å². The van der Waals surface area contributed by atoms with Gasteiger partial charge in [-0.15, -0.1) is 0 Å². The number of thioether (sulfide) groups is 1. The van der Waals surface area contributed by atoms with E-state index in [4.69, 9.17) is 0 Å². The number of carbonyl (C=O) groups excluding carboxylic acids is 1. The van der Waals surface area contributed by atoms with Crippen LogP contribution in [-0.2, 0) is 15.6 Å². The van der Waals surface area contributed by atoms with E-state index in [0.717, 1.165) is 6.26 Å². The topological polar surface area (TPSA) is 63.2 Å². The van der Waals surface area contributed by atoms with Crippen LogP contribution in [0, 0.1) is 0 Å². The van der Waals surface area contributed by atoms with Crippen molar-refractivity contribution in [2.75, 3.05) is 11.6 Å². The van der Waals surface area contributed by atoms with Gasteiger partial charge in [0.2, 0.25) is 0 Å². The minimum Gasteiger partial charge on any atom is -0.321 e. The first-order valence-corrected chi connectivity index (χ1v) is 9.80. The Hall–Kier alpha value is -1.93. The lowest BCUT2D eigenvalue weighted by molar-refractivity contribution is 0.102.